The zero-order chi connectivity index (χ0) is 21.3. The van der Waals surface area contributed by atoms with Crippen LogP contribution < -0.4 is 20.1 Å². The van der Waals surface area contributed by atoms with E-state index in [0.717, 1.165) is 50.4 Å². The lowest BCUT2D eigenvalue weighted by molar-refractivity contribution is -0.135. The van der Waals surface area contributed by atoms with Crippen LogP contribution in [-0.4, -0.2) is 56.7 Å². The molecule has 3 rings (SSSR count). The van der Waals surface area contributed by atoms with Gasteiger partial charge in [-0.25, -0.2) is 4.99 Å². The molecule has 1 aromatic rings. The quantitative estimate of drug-likeness (QED) is 0.528. The summed E-state index contributed by atoms with van der Waals surface area (Å²) in [4.78, 5) is 19.6. The Labute approximate surface area is 180 Å². The highest BCUT2D eigenvalue weighted by Crippen LogP contribution is 2.28. The number of hydrogen-bond acceptors (Lipinski definition) is 4. The first-order valence-corrected chi connectivity index (χ1v) is 11.2. The van der Waals surface area contributed by atoms with Crippen LogP contribution in [-0.2, 0) is 11.3 Å². The first kappa shape index (κ1) is 22.2. The molecule has 1 saturated carbocycles. The summed E-state index contributed by atoms with van der Waals surface area (Å²) in [6.07, 6.45) is 6.74. The Morgan fingerprint density at radius 3 is 2.60 bits per heavy atom. The van der Waals surface area contributed by atoms with Gasteiger partial charge in [-0.2, -0.15) is 0 Å². The second kappa shape index (κ2) is 11.1. The average Bonchev–Trinajstić information content (AvgIpc) is 3.26. The summed E-state index contributed by atoms with van der Waals surface area (Å²) in [5.74, 6) is 2.79. The highest BCUT2D eigenvalue weighted by Gasteiger charge is 2.31. The zero-order valence-corrected chi connectivity index (χ0v) is 18.6. The summed E-state index contributed by atoms with van der Waals surface area (Å²) in [5, 5.41) is 6.83. The molecular formula is C23H36N4O3. The van der Waals surface area contributed by atoms with Gasteiger partial charge in [0, 0.05) is 31.6 Å². The van der Waals surface area contributed by atoms with Gasteiger partial charge in [-0.1, -0.05) is 25.3 Å². The van der Waals surface area contributed by atoms with E-state index in [-0.39, 0.29) is 12.0 Å². The summed E-state index contributed by atoms with van der Waals surface area (Å²) in [6, 6.07) is 6.08. The van der Waals surface area contributed by atoms with Crippen LogP contribution in [0.25, 0.3) is 0 Å². The summed E-state index contributed by atoms with van der Waals surface area (Å²) in [7, 11) is 3.27. The van der Waals surface area contributed by atoms with Gasteiger partial charge in [0.2, 0.25) is 5.91 Å². The molecular weight excluding hydrogens is 380 g/mol. The van der Waals surface area contributed by atoms with E-state index in [1.165, 1.54) is 19.3 Å². The minimum atomic E-state index is 0.237. The van der Waals surface area contributed by atoms with Crippen molar-refractivity contribution in [3.63, 3.8) is 0 Å². The van der Waals surface area contributed by atoms with E-state index < -0.39 is 0 Å². The van der Waals surface area contributed by atoms with Crippen molar-refractivity contribution in [2.45, 2.75) is 58.0 Å². The van der Waals surface area contributed by atoms with Crippen LogP contribution in [0.4, 0.5) is 0 Å². The molecule has 166 valence electrons. The summed E-state index contributed by atoms with van der Waals surface area (Å²) in [5.41, 5.74) is 1.05. The minimum absolute atomic E-state index is 0.237. The van der Waals surface area contributed by atoms with Crippen molar-refractivity contribution in [1.29, 1.82) is 0 Å². The van der Waals surface area contributed by atoms with Gasteiger partial charge in [-0.15, -0.1) is 0 Å². The summed E-state index contributed by atoms with van der Waals surface area (Å²) in [6.45, 7) is 4.97. The molecule has 0 aromatic heterocycles. The van der Waals surface area contributed by atoms with Crippen molar-refractivity contribution in [3.05, 3.63) is 23.8 Å². The Bertz CT molecular complexity index is 731. The fraction of sp³-hybridized carbons (Fsp3) is 0.652. The van der Waals surface area contributed by atoms with Crippen LogP contribution >= 0.6 is 0 Å². The van der Waals surface area contributed by atoms with Gasteiger partial charge in [0.1, 0.15) is 0 Å². The minimum Gasteiger partial charge on any atom is -0.493 e. The molecule has 1 aliphatic heterocycles. The average molecular weight is 417 g/mol. The maximum absolute atomic E-state index is 12.8. The van der Waals surface area contributed by atoms with Gasteiger partial charge in [0.05, 0.1) is 20.8 Å². The van der Waals surface area contributed by atoms with E-state index in [0.29, 0.717) is 24.0 Å². The predicted octanol–water partition coefficient (Wildman–Crippen LogP) is 2.94. The third kappa shape index (κ3) is 5.80. The zero-order valence-electron chi connectivity index (χ0n) is 18.6. The molecule has 0 radical (unpaired) electrons. The lowest BCUT2D eigenvalue weighted by atomic mass is 9.88. The number of likely N-dealkylation sites (tertiary alicyclic amines) is 1. The predicted molar refractivity (Wildman–Crippen MR) is 119 cm³/mol. The number of carbonyl (C=O) groups excluding carboxylic acids is 1. The lowest BCUT2D eigenvalue weighted by Gasteiger charge is -2.26. The number of ether oxygens (including phenoxy) is 2. The molecule has 2 fully saturated rings. The highest BCUT2D eigenvalue weighted by atomic mass is 16.5. The van der Waals surface area contributed by atoms with E-state index in [1.807, 2.05) is 23.1 Å². The first-order chi connectivity index (χ1) is 14.6. The Kier molecular flexibility index (Phi) is 8.22. The van der Waals surface area contributed by atoms with E-state index >= 15 is 0 Å². The molecule has 1 unspecified atom stereocenters. The fourth-order valence-electron chi connectivity index (χ4n) is 4.35. The van der Waals surface area contributed by atoms with Gasteiger partial charge >= 0.3 is 0 Å². The number of methoxy groups -OCH3 is 2. The lowest BCUT2D eigenvalue weighted by Crippen LogP contribution is -2.45. The van der Waals surface area contributed by atoms with Crippen molar-refractivity contribution >= 4 is 11.9 Å². The number of rotatable bonds is 7. The van der Waals surface area contributed by atoms with Gasteiger partial charge in [-0.05, 0) is 43.9 Å². The third-order valence-electron chi connectivity index (χ3n) is 6.01. The molecule has 0 bridgehead atoms. The monoisotopic (exact) mass is 416 g/mol. The Hall–Kier alpha value is -2.44. The second-order valence-corrected chi connectivity index (χ2v) is 8.13. The number of nitrogens with zero attached hydrogens (tertiary/aromatic N) is 2. The van der Waals surface area contributed by atoms with Crippen LogP contribution in [0.15, 0.2) is 23.2 Å². The van der Waals surface area contributed by atoms with Crippen LogP contribution in [0.1, 0.15) is 51.0 Å². The third-order valence-corrected chi connectivity index (χ3v) is 6.01. The number of aliphatic imine (C=N–C) groups is 1. The number of benzene rings is 1. The Balaban J connectivity index is 1.57. The van der Waals surface area contributed by atoms with Crippen LogP contribution in [0.5, 0.6) is 11.5 Å². The van der Waals surface area contributed by atoms with Gasteiger partial charge in [0.15, 0.2) is 17.5 Å². The van der Waals surface area contributed by atoms with Crippen molar-refractivity contribution < 1.29 is 14.3 Å². The molecule has 0 spiro atoms. The van der Waals surface area contributed by atoms with Crippen molar-refractivity contribution in [2.24, 2.45) is 10.9 Å². The number of guanidine groups is 1. The number of amides is 1. The SMILES string of the molecule is CCNC(=NCc1ccc(OC)c(OC)c1)NC1CCN(C(=O)C2CCCCC2)C1. The van der Waals surface area contributed by atoms with Gasteiger partial charge in [-0.3, -0.25) is 4.79 Å². The van der Waals surface area contributed by atoms with Crippen molar-refractivity contribution in [3.8, 4) is 11.5 Å². The smallest absolute Gasteiger partial charge is 0.225 e. The molecule has 2 aliphatic rings. The topological polar surface area (TPSA) is 75.2 Å². The molecule has 1 aromatic carbocycles. The Morgan fingerprint density at radius 1 is 1.13 bits per heavy atom. The van der Waals surface area contributed by atoms with E-state index in [2.05, 4.69) is 17.6 Å². The standard InChI is InChI=1S/C23H36N4O3/c1-4-24-23(25-15-17-10-11-20(29-2)21(14-17)30-3)26-19-12-13-27(16-19)22(28)18-8-6-5-7-9-18/h10-11,14,18-19H,4-9,12-13,15-16H2,1-3H3,(H2,24,25,26). The second-order valence-electron chi connectivity index (χ2n) is 8.13. The van der Waals surface area contributed by atoms with Crippen LogP contribution in [0, 0.1) is 5.92 Å². The molecule has 2 N–H and O–H groups in total. The van der Waals surface area contributed by atoms with Gasteiger partial charge in [0.25, 0.3) is 0 Å². The highest BCUT2D eigenvalue weighted by molar-refractivity contribution is 5.81. The molecule has 7 nitrogen and oxygen atoms in total. The maximum atomic E-state index is 12.8. The van der Waals surface area contributed by atoms with Crippen LogP contribution in [0.3, 0.4) is 0 Å². The number of nitrogens with one attached hydrogen (secondary N) is 2. The summed E-state index contributed by atoms with van der Waals surface area (Å²) < 4.78 is 10.7. The molecule has 1 amide bonds. The molecule has 30 heavy (non-hydrogen) atoms. The summed E-state index contributed by atoms with van der Waals surface area (Å²) >= 11 is 0. The van der Waals surface area contributed by atoms with E-state index in [9.17, 15) is 4.79 Å². The Morgan fingerprint density at radius 2 is 1.90 bits per heavy atom. The maximum Gasteiger partial charge on any atom is 0.225 e. The molecule has 1 atom stereocenters. The number of hydrogen-bond donors (Lipinski definition) is 2. The van der Waals surface area contributed by atoms with Crippen LogP contribution in [0.2, 0.25) is 0 Å². The molecule has 1 heterocycles. The van der Waals surface area contributed by atoms with Crippen molar-refractivity contribution in [2.75, 3.05) is 33.9 Å². The van der Waals surface area contributed by atoms with E-state index in [4.69, 9.17) is 14.5 Å². The van der Waals surface area contributed by atoms with Gasteiger partial charge < -0.3 is 25.0 Å². The number of carbonyl (C=O) groups is 1. The molecule has 1 saturated heterocycles. The van der Waals surface area contributed by atoms with E-state index in [1.54, 1.807) is 14.2 Å². The largest absolute Gasteiger partial charge is 0.493 e. The normalized spacial score (nSPS) is 20.2. The van der Waals surface area contributed by atoms with Crippen molar-refractivity contribution in [1.82, 2.24) is 15.5 Å². The first-order valence-electron chi connectivity index (χ1n) is 11.2. The molecule has 7 heteroatoms. The molecule has 1 aliphatic carbocycles. The fourth-order valence-corrected chi connectivity index (χ4v) is 4.35.